The molecule has 1 aromatic heterocycles. The number of hydrogen-bond donors (Lipinski definition) is 2. The molecular weight excluding hydrogens is 528 g/mol. The Morgan fingerprint density at radius 2 is 1.88 bits per heavy atom. The number of ether oxygens (including phenoxy) is 2. The Morgan fingerprint density at radius 1 is 1.18 bits per heavy atom. The first-order chi connectivity index (χ1) is 19.3. The summed E-state index contributed by atoms with van der Waals surface area (Å²) in [5, 5.41) is 30.9. The van der Waals surface area contributed by atoms with Gasteiger partial charge in [0.2, 0.25) is 5.13 Å². The molecule has 0 saturated carbocycles. The molecule has 2 heterocycles. The lowest BCUT2D eigenvalue weighted by Gasteiger charge is -2.30. The summed E-state index contributed by atoms with van der Waals surface area (Å²) >= 11 is 1.46. The second kappa shape index (κ2) is 13.9. The second-order valence-electron chi connectivity index (χ2n) is 10.3. The van der Waals surface area contributed by atoms with Gasteiger partial charge in [-0.05, 0) is 75.5 Å². The van der Waals surface area contributed by atoms with E-state index in [4.69, 9.17) is 9.47 Å². The first-order valence-corrected chi connectivity index (χ1v) is 14.7. The molecule has 0 aliphatic carbocycles. The van der Waals surface area contributed by atoms with Gasteiger partial charge in [-0.15, -0.1) is 10.2 Å². The van der Waals surface area contributed by atoms with Gasteiger partial charge in [0, 0.05) is 24.2 Å². The minimum absolute atomic E-state index is 0.224. The van der Waals surface area contributed by atoms with Crippen LogP contribution in [-0.4, -0.2) is 71.2 Å². The van der Waals surface area contributed by atoms with Gasteiger partial charge in [0.1, 0.15) is 23.1 Å². The van der Waals surface area contributed by atoms with Crippen molar-refractivity contribution in [2.45, 2.75) is 52.7 Å². The zero-order chi connectivity index (χ0) is 28.6. The lowest BCUT2D eigenvalue weighted by Crippen LogP contribution is -2.38. The highest BCUT2D eigenvalue weighted by Gasteiger charge is 2.26. The topological polar surface area (TPSA) is 108 Å². The maximum Gasteiger partial charge on any atom is 0.306 e. The van der Waals surface area contributed by atoms with Crippen LogP contribution in [-0.2, 0) is 4.79 Å². The van der Waals surface area contributed by atoms with Crippen molar-refractivity contribution in [1.29, 1.82) is 0 Å². The molecule has 3 aromatic rings. The fraction of sp³-hybridized carbons (Fsp3) is 0.500. The van der Waals surface area contributed by atoms with Gasteiger partial charge in [0.05, 0.1) is 13.0 Å². The van der Waals surface area contributed by atoms with Crippen LogP contribution in [0.25, 0.3) is 10.6 Å². The Balaban J connectivity index is 1.45. The summed E-state index contributed by atoms with van der Waals surface area (Å²) < 4.78 is 11.7. The quantitative estimate of drug-likeness (QED) is 0.265. The summed E-state index contributed by atoms with van der Waals surface area (Å²) in [5.74, 6) is 0.585. The number of aliphatic hydroxyl groups is 1. The van der Waals surface area contributed by atoms with Crippen molar-refractivity contribution in [2.75, 3.05) is 44.8 Å². The van der Waals surface area contributed by atoms with Crippen LogP contribution in [0, 0.1) is 19.8 Å². The highest BCUT2D eigenvalue weighted by atomic mass is 32.1. The predicted molar refractivity (Wildman–Crippen MR) is 157 cm³/mol. The molecule has 2 N–H and O–H groups in total. The van der Waals surface area contributed by atoms with E-state index in [2.05, 4.69) is 34.2 Å². The number of carbonyl (C=O) groups is 1. The minimum Gasteiger partial charge on any atom is -0.496 e. The zero-order valence-corrected chi connectivity index (χ0v) is 24.6. The molecule has 0 spiro atoms. The van der Waals surface area contributed by atoms with Crippen LogP contribution in [0.4, 0.5) is 5.13 Å². The van der Waals surface area contributed by atoms with Crippen molar-refractivity contribution >= 4 is 22.4 Å². The minimum atomic E-state index is -0.905. The number of methoxy groups -OCH3 is 1. The van der Waals surface area contributed by atoms with E-state index in [1.54, 1.807) is 7.11 Å². The van der Waals surface area contributed by atoms with E-state index in [1.165, 1.54) is 11.3 Å². The highest BCUT2D eigenvalue weighted by molar-refractivity contribution is 7.18. The van der Waals surface area contributed by atoms with Crippen LogP contribution in [0.5, 0.6) is 11.5 Å². The number of carboxylic acids is 1. The van der Waals surface area contributed by atoms with Gasteiger partial charge >= 0.3 is 5.97 Å². The van der Waals surface area contributed by atoms with E-state index < -0.39 is 12.2 Å². The van der Waals surface area contributed by atoms with E-state index in [0.717, 1.165) is 59.9 Å². The lowest BCUT2D eigenvalue weighted by molar-refractivity contribution is -0.143. The summed E-state index contributed by atoms with van der Waals surface area (Å²) in [6.45, 7) is 9.73. The predicted octanol–water partition coefficient (Wildman–Crippen LogP) is 5.30. The van der Waals surface area contributed by atoms with Gasteiger partial charge in [0.15, 0.2) is 6.23 Å². The Hall–Kier alpha value is -3.21. The first-order valence-electron chi connectivity index (χ1n) is 13.9. The number of aliphatic carboxylic acids is 1. The van der Waals surface area contributed by atoms with Crippen molar-refractivity contribution in [3.05, 3.63) is 53.1 Å². The van der Waals surface area contributed by atoms with Crippen molar-refractivity contribution < 1.29 is 24.5 Å². The molecule has 40 heavy (non-hydrogen) atoms. The van der Waals surface area contributed by atoms with Crippen LogP contribution >= 0.6 is 11.3 Å². The number of unbranched alkanes of at least 4 members (excludes halogenated alkanes) is 1. The number of aryl methyl sites for hydroxylation is 2. The molecule has 1 unspecified atom stereocenters. The Bertz CT molecular complexity index is 1250. The molecule has 4 rings (SSSR count). The molecule has 9 nitrogen and oxygen atoms in total. The molecule has 1 fully saturated rings. The van der Waals surface area contributed by atoms with Crippen LogP contribution in [0.1, 0.15) is 55.5 Å². The van der Waals surface area contributed by atoms with Crippen molar-refractivity contribution in [2.24, 2.45) is 5.92 Å². The first kappa shape index (κ1) is 29.8. The number of aromatic nitrogens is 2. The monoisotopic (exact) mass is 568 g/mol. The van der Waals surface area contributed by atoms with Crippen molar-refractivity contribution in [1.82, 2.24) is 15.1 Å². The zero-order valence-electron chi connectivity index (χ0n) is 23.8. The highest BCUT2D eigenvalue weighted by Crippen LogP contribution is 2.37. The average molecular weight is 569 g/mol. The van der Waals surface area contributed by atoms with Gasteiger partial charge in [-0.3, -0.25) is 9.69 Å². The van der Waals surface area contributed by atoms with Gasteiger partial charge in [0.25, 0.3) is 0 Å². The fourth-order valence-electron chi connectivity index (χ4n) is 5.13. The summed E-state index contributed by atoms with van der Waals surface area (Å²) in [6.07, 6.45) is 2.37. The smallest absolute Gasteiger partial charge is 0.306 e. The lowest BCUT2D eigenvalue weighted by atomic mass is 9.97. The van der Waals surface area contributed by atoms with Gasteiger partial charge < -0.3 is 24.6 Å². The average Bonchev–Trinajstić information content (AvgIpc) is 3.44. The van der Waals surface area contributed by atoms with Crippen LogP contribution in [0.2, 0.25) is 0 Å². The molecule has 1 aliphatic heterocycles. The van der Waals surface area contributed by atoms with Crippen LogP contribution in [0.3, 0.4) is 0 Å². The summed E-state index contributed by atoms with van der Waals surface area (Å²) in [6, 6.07) is 11.6. The molecule has 216 valence electrons. The van der Waals surface area contributed by atoms with Gasteiger partial charge in [-0.1, -0.05) is 42.9 Å². The number of para-hydroxylation sites is 1. The number of aliphatic hydroxyl groups excluding tert-OH is 1. The largest absolute Gasteiger partial charge is 0.496 e. The Morgan fingerprint density at radius 3 is 2.52 bits per heavy atom. The molecule has 10 heteroatoms. The third kappa shape index (κ3) is 7.10. The number of benzene rings is 2. The number of piperidine rings is 1. The number of likely N-dealkylation sites (tertiary alicyclic amines) is 1. The molecule has 0 amide bonds. The summed E-state index contributed by atoms with van der Waals surface area (Å²) in [4.78, 5) is 15.3. The third-order valence-electron chi connectivity index (χ3n) is 7.42. The van der Waals surface area contributed by atoms with E-state index in [1.807, 2.05) is 43.0 Å². The number of anilines is 1. The fourth-order valence-corrected chi connectivity index (χ4v) is 6.01. The maximum absolute atomic E-state index is 11.3. The SMILES string of the molecule is CCCCN(c1nnc(-c2cc(C)c(OCCN3CCC(C(=O)O)CC3)c(C)c2)s1)C(O)c1ccccc1OC. The molecule has 2 aromatic carbocycles. The van der Waals surface area contributed by atoms with E-state index >= 15 is 0 Å². The molecule has 1 atom stereocenters. The molecular formula is C30H40N4O5S. The number of nitrogens with zero attached hydrogens (tertiary/aromatic N) is 4. The maximum atomic E-state index is 11.3. The Labute approximate surface area is 240 Å². The van der Waals surface area contributed by atoms with E-state index in [0.29, 0.717) is 42.4 Å². The van der Waals surface area contributed by atoms with Gasteiger partial charge in [-0.25, -0.2) is 0 Å². The molecule has 1 aliphatic rings. The molecule has 0 radical (unpaired) electrons. The number of hydrogen-bond acceptors (Lipinski definition) is 9. The van der Waals surface area contributed by atoms with Crippen molar-refractivity contribution in [3.8, 4) is 22.1 Å². The van der Waals surface area contributed by atoms with E-state index in [-0.39, 0.29) is 5.92 Å². The normalized spacial score (nSPS) is 15.1. The Kier molecular flexibility index (Phi) is 10.4. The number of rotatable bonds is 13. The third-order valence-corrected chi connectivity index (χ3v) is 8.43. The van der Waals surface area contributed by atoms with Gasteiger partial charge in [-0.2, -0.15) is 0 Å². The molecule has 1 saturated heterocycles. The standard InChI is InChI=1S/C30H40N4O5S/c1-5-6-13-34(28(35)24-9-7-8-10-25(24)38-4)30-32-31-27(40-30)23-18-20(2)26(21(3)19-23)39-17-16-33-14-11-22(12-15-33)29(36)37/h7-10,18-19,22,28,35H,5-6,11-17H2,1-4H3,(H,36,37). The van der Waals surface area contributed by atoms with Crippen molar-refractivity contribution in [3.63, 3.8) is 0 Å². The summed E-state index contributed by atoms with van der Waals surface area (Å²) in [7, 11) is 1.60. The molecule has 0 bridgehead atoms. The van der Waals surface area contributed by atoms with Crippen LogP contribution < -0.4 is 14.4 Å². The second-order valence-corrected chi connectivity index (χ2v) is 11.3. The summed E-state index contributed by atoms with van der Waals surface area (Å²) in [5.41, 5.74) is 3.70. The number of carboxylic acid groups (broad SMARTS) is 1. The van der Waals surface area contributed by atoms with E-state index in [9.17, 15) is 15.0 Å². The van der Waals surface area contributed by atoms with Crippen LogP contribution in [0.15, 0.2) is 36.4 Å².